The molecule has 1 amide bonds. The first-order valence-electron chi connectivity index (χ1n) is 7.58. The molecule has 1 aromatic carbocycles. The summed E-state index contributed by atoms with van der Waals surface area (Å²) in [6.45, 7) is 0.423. The highest BCUT2D eigenvalue weighted by Gasteiger charge is 2.09. The highest BCUT2D eigenvalue weighted by atomic mass is 16.5. The second-order valence-electron chi connectivity index (χ2n) is 4.99. The first-order valence-corrected chi connectivity index (χ1v) is 7.58. The van der Waals surface area contributed by atoms with Gasteiger partial charge in [-0.05, 0) is 30.5 Å². The minimum atomic E-state index is -0.102. The van der Waals surface area contributed by atoms with E-state index in [0.717, 1.165) is 5.56 Å². The number of pyridine rings is 1. The fourth-order valence-corrected chi connectivity index (χ4v) is 2.03. The number of nitriles is 1. The fraction of sp³-hybridized carbons (Fsp3) is 0.278. The van der Waals surface area contributed by atoms with Crippen LogP contribution in [-0.4, -0.2) is 17.5 Å². The summed E-state index contributed by atoms with van der Waals surface area (Å²) in [7, 11) is 0. The second-order valence-corrected chi connectivity index (χ2v) is 4.99. The Morgan fingerprint density at radius 1 is 1.22 bits per heavy atom. The van der Waals surface area contributed by atoms with E-state index in [-0.39, 0.29) is 5.91 Å². The van der Waals surface area contributed by atoms with Crippen molar-refractivity contribution in [3.8, 4) is 11.8 Å². The van der Waals surface area contributed by atoms with Crippen molar-refractivity contribution in [3.63, 3.8) is 0 Å². The Balaban J connectivity index is 1.86. The fourth-order valence-electron chi connectivity index (χ4n) is 2.03. The molecule has 0 aliphatic carbocycles. The van der Waals surface area contributed by atoms with Crippen molar-refractivity contribution in [1.82, 2.24) is 4.98 Å². The number of carbonyl (C=O) groups excluding carboxylic acids is 1. The maximum absolute atomic E-state index is 12.1. The lowest BCUT2D eigenvalue weighted by Crippen LogP contribution is -2.14. The molecule has 1 heterocycles. The molecule has 1 aromatic heterocycles. The lowest BCUT2D eigenvalue weighted by Gasteiger charge is -2.11. The Bertz CT molecular complexity index is 665. The molecule has 1 N–H and O–H groups in total. The Morgan fingerprint density at radius 3 is 2.83 bits per heavy atom. The van der Waals surface area contributed by atoms with Crippen LogP contribution >= 0.6 is 0 Å². The van der Waals surface area contributed by atoms with E-state index in [1.807, 2.05) is 30.3 Å². The molecular formula is C18H19N3O2. The maximum Gasteiger partial charge on any atom is 0.225 e. The summed E-state index contributed by atoms with van der Waals surface area (Å²) in [5, 5.41) is 11.3. The van der Waals surface area contributed by atoms with Gasteiger partial charge in [0.2, 0.25) is 5.91 Å². The van der Waals surface area contributed by atoms with Gasteiger partial charge in [0, 0.05) is 19.0 Å². The van der Waals surface area contributed by atoms with Gasteiger partial charge < -0.3 is 10.1 Å². The molecule has 0 aliphatic heterocycles. The molecule has 118 valence electrons. The highest BCUT2D eigenvalue weighted by molar-refractivity contribution is 5.91. The van der Waals surface area contributed by atoms with Gasteiger partial charge in [-0.25, -0.2) is 4.98 Å². The lowest BCUT2D eigenvalue weighted by molar-refractivity contribution is -0.116. The van der Waals surface area contributed by atoms with Crippen molar-refractivity contribution >= 4 is 11.7 Å². The summed E-state index contributed by atoms with van der Waals surface area (Å²) in [5.74, 6) is 0.843. The molecular weight excluding hydrogens is 290 g/mol. The summed E-state index contributed by atoms with van der Waals surface area (Å²) in [6.07, 6.45) is 3.76. The number of hydrogen-bond donors (Lipinski definition) is 1. The molecule has 0 atom stereocenters. The van der Waals surface area contributed by atoms with Crippen molar-refractivity contribution in [2.75, 3.05) is 11.9 Å². The Morgan fingerprint density at radius 2 is 2.04 bits per heavy atom. The third-order valence-electron chi connectivity index (χ3n) is 3.20. The zero-order valence-electron chi connectivity index (χ0n) is 12.9. The number of aromatic nitrogens is 1. The molecule has 2 aromatic rings. The van der Waals surface area contributed by atoms with Crippen molar-refractivity contribution < 1.29 is 9.53 Å². The van der Waals surface area contributed by atoms with Crippen LogP contribution in [0.3, 0.4) is 0 Å². The number of nitrogens with zero attached hydrogens (tertiary/aromatic N) is 2. The lowest BCUT2D eigenvalue weighted by atomic mass is 10.1. The number of aryl methyl sites for hydroxylation is 1. The van der Waals surface area contributed by atoms with Gasteiger partial charge in [0.25, 0.3) is 0 Å². The van der Waals surface area contributed by atoms with Crippen LogP contribution in [-0.2, 0) is 11.2 Å². The number of nitrogens with one attached hydrogen (secondary N) is 1. The predicted octanol–water partition coefficient (Wildman–Crippen LogP) is 3.34. The predicted molar refractivity (Wildman–Crippen MR) is 88.0 cm³/mol. The van der Waals surface area contributed by atoms with Gasteiger partial charge in [0.15, 0.2) is 11.6 Å². The van der Waals surface area contributed by atoms with Crippen LogP contribution in [0.4, 0.5) is 5.82 Å². The summed E-state index contributed by atoms with van der Waals surface area (Å²) >= 11 is 0. The van der Waals surface area contributed by atoms with Gasteiger partial charge in [-0.15, -0.1) is 0 Å². The van der Waals surface area contributed by atoms with Gasteiger partial charge >= 0.3 is 0 Å². The minimum absolute atomic E-state index is 0.102. The molecule has 2 rings (SSSR count). The number of rotatable bonds is 8. The summed E-state index contributed by atoms with van der Waals surface area (Å²) in [6, 6.07) is 15.4. The van der Waals surface area contributed by atoms with Crippen molar-refractivity contribution in [3.05, 3.63) is 54.2 Å². The van der Waals surface area contributed by atoms with Crippen molar-refractivity contribution in [1.29, 1.82) is 5.26 Å². The molecule has 0 aliphatic rings. The minimum Gasteiger partial charge on any atom is -0.490 e. The molecule has 0 saturated heterocycles. The van der Waals surface area contributed by atoms with E-state index in [2.05, 4.69) is 16.4 Å². The van der Waals surface area contributed by atoms with Crippen LogP contribution in [0.2, 0.25) is 0 Å². The van der Waals surface area contributed by atoms with Crippen LogP contribution in [0, 0.1) is 11.3 Å². The van der Waals surface area contributed by atoms with Crippen LogP contribution in [0.25, 0.3) is 0 Å². The van der Waals surface area contributed by atoms with E-state index >= 15 is 0 Å². The number of hydrogen-bond acceptors (Lipinski definition) is 4. The quantitative estimate of drug-likeness (QED) is 0.759. The van der Waals surface area contributed by atoms with E-state index in [1.165, 1.54) is 0 Å². The van der Waals surface area contributed by atoms with E-state index in [9.17, 15) is 4.79 Å². The molecule has 5 heteroatoms. The van der Waals surface area contributed by atoms with Gasteiger partial charge in [-0.3, -0.25) is 4.79 Å². The molecule has 5 nitrogen and oxygen atoms in total. The summed E-state index contributed by atoms with van der Waals surface area (Å²) < 4.78 is 5.57. The van der Waals surface area contributed by atoms with Gasteiger partial charge in [0.1, 0.15) is 0 Å². The topological polar surface area (TPSA) is 75.0 Å². The first kappa shape index (κ1) is 16.5. The molecule has 0 bridgehead atoms. The van der Waals surface area contributed by atoms with Gasteiger partial charge in [0.05, 0.1) is 12.7 Å². The number of ether oxygens (including phenoxy) is 1. The third kappa shape index (κ3) is 5.79. The zero-order chi connectivity index (χ0) is 16.3. The monoisotopic (exact) mass is 309 g/mol. The van der Waals surface area contributed by atoms with Crippen molar-refractivity contribution in [2.45, 2.75) is 25.7 Å². The summed E-state index contributed by atoms with van der Waals surface area (Å²) in [5.41, 5.74) is 1.12. The molecule has 0 radical (unpaired) electrons. The van der Waals surface area contributed by atoms with Crippen LogP contribution < -0.4 is 10.1 Å². The normalized spacial score (nSPS) is 9.87. The maximum atomic E-state index is 12.1. The standard InChI is InChI=1S/C18H19N3O2/c19-12-4-5-14-23-16-9-6-13-20-18(16)21-17(22)11-10-15-7-2-1-3-8-15/h1-3,6-9,13H,4-5,10-11,14H2,(H,20,21,22). The zero-order valence-corrected chi connectivity index (χ0v) is 12.9. The number of amides is 1. The molecule has 0 saturated carbocycles. The Labute approximate surface area is 135 Å². The van der Waals surface area contributed by atoms with E-state index in [0.29, 0.717) is 43.9 Å². The van der Waals surface area contributed by atoms with E-state index in [4.69, 9.17) is 10.00 Å². The molecule has 23 heavy (non-hydrogen) atoms. The van der Waals surface area contributed by atoms with Gasteiger partial charge in [-0.1, -0.05) is 30.3 Å². The Kier molecular flexibility index (Phi) is 6.61. The number of carbonyl (C=O) groups is 1. The largest absolute Gasteiger partial charge is 0.490 e. The average Bonchev–Trinajstić information content (AvgIpc) is 2.59. The van der Waals surface area contributed by atoms with Crippen LogP contribution in [0.15, 0.2) is 48.7 Å². The number of unbranched alkanes of at least 4 members (excludes halogenated alkanes) is 1. The van der Waals surface area contributed by atoms with Gasteiger partial charge in [-0.2, -0.15) is 5.26 Å². The molecule has 0 unspecified atom stereocenters. The van der Waals surface area contributed by atoms with Crippen LogP contribution in [0.5, 0.6) is 5.75 Å². The average molecular weight is 309 g/mol. The molecule has 0 spiro atoms. The van der Waals surface area contributed by atoms with E-state index in [1.54, 1.807) is 18.3 Å². The number of benzene rings is 1. The number of anilines is 1. The third-order valence-corrected chi connectivity index (χ3v) is 3.20. The van der Waals surface area contributed by atoms with Crippen LogP contribution in [0.1, 0.15) is 24.8 Å². The smallest absolute Gasteiger partial charge is 0.225 e. The SMILES string of the molecule is N#CCCCOc1cccnc1NC(=O)CCc1ccccc1. The second kappa shape index (κ2) is 9.21. The van der Waals surface area contributed by atoms with E-state index < -0.39 is 0 Å². The molecule has 0 fully saturated rings. The first-order chi connectivity index (χ1) is 11.3. The summed E-state index contributed by atoms with van der Waals surface area (Å²) in [4.78, 5) is 16.2. The Hall–Kier alpha value is -2.87. The van der Waals surface area contributed by atoms with Crippen molar-refractivity contribution in [2.24, 2.45) is 0 Å². The highest BCUT2D eigenvalue weighted by Crippen LogP contribution is 2.21.